The molecular weight excluding hydrogens is 358 g/mol. The molecule has 8 heteroatoms. The van der Waals surface area contributed by atoms with E-state index in [1.165, 1.54) is 12.5 Å². The van der Waals surface area contributed by atoms with Crippen molar-refractivity contribution in [3.05, 3.63) is 47.7 Å². The van der Waals surface area contributed by atoms with Crippen LogP contribution in [0, 0.1) is 0 Å². The zero-order valence-electron chi connectivity index (χ0n) is 16.7. The summed E-state index contributed by atoms with van der Waals surface area (Å²) in [5.74, 6) is -0.571. The molecule has 8 nitrogen and oxygen atoms in total. The van der Waals surface area contributed by atoms with Gasteiger partial charge in [0, 0.05) is 13.0 Å². The maximum atomic E-state index is 12.1. The molecule has 2 aromatic rings. The standard InChI is InChI=1S/C20H27N5O3/c1-14(26)21-11-18(27)22-12-19(28)24-17-9-10-23-25(17)13-15-5-7-16(8-6-15)20(2,3)4/h5-10H,11-13H2,1-4H3,(H,21,26)(H,22,27)(H,24,28). The molecule has 0 spiro atoms. The van der Waals surface area contributed by atoms with E-state index in [2.05, 4.69) is 66.1 Å². The number of amides is 3. The second-order valence-corrected chi connectivity index (χ2v) is 7.56. The van der Waals surface area contributed by atoms with Crippen LogP contribution >= 0.6 is 0 Å². The summed E-state index contributed by atoms with van der Waals surface area (Å²) >= 11 is 0. The lowest BCUT2D eigenvalue weighted by Crippen LogP contribution is -2.39. The predicted molar refractivity (Wildman–Crippen MR) is 107 cm³/mol. The molecule has 1 heterocycles. The molecule has 0 saturated heterocycles. The Bertz CT molecular complexity index is 834. The highest BCUT2D eigenvalue weighted by Gasteiger charge is 2.13. The van der Waals surface area contributed by atoms with Gasteiger partial charge in [0.1, 0.15) is 5.82 Å². The summed E-state index contributed by atoms with van der Waals surface area (Å²) in [6, 6.07) is 10.00. The lowest BCUT2D eigenvalue weighted by molar-refractivity contribution is -0.126. The number of anilines is 1. The molecule has 2 rings (SSSR count). The van der Waals surface area contributed by atoms with Gasteiger partial charge < -0.3 is 16.0 Å². The van der Waals surface area contributed by atoms with E-state index in [1.807, 2.05) is 0 Å². The van der Waals surface area contributed by atoms with E-state index in [4.69, 9.17) is 0 Å². The highest BCUT2D eigenvalue weighted by molar-refractivity contribution is 5.94. The fraction of sp³-hybridized carbons (Fsp3) is 0.400. The van der Waals surface area contributed by atoms with Crippen molar-refractivity contribution in [3.8, 4) is 0 Å². The number of hydrogen-bond donors (Lipinski definition) is 3. The fourth-order valence-corrected chi connectivity index (χ4v) is 2.48. The molecule has 3 amide bonds. The molecule has 0 radical (unpaired) electrons. The van der Waals surface area contributed by atoms with Gasteiger partial charge in [0.2, 0.25) is 17.7 Å². The molecule has 0 aliphatic rings. The lowest BCUT2D eigenvalue weighted by Gasteiger charge is -2.19. The van der Waals surface area contributed by atoms with Crippen molar-refractivity contribution in [2.45, 2.75) is 39.7 Å². The largest absolute Gasteiger partial charge is 0.347 e. The first kappa shape index (κ1) is 21.1. The molecule has 0 bridgehead atoms. The first-order valence-corrected chi connectivity index (χ1v) is 9.07. The van der Waals surface area contributed by atoms with Crippen molar-refractivity contribution in [1.82, 2.24) is 20.4 Å². The maximum Gasteiger partial charge on any atom is 0.244 e. The van der Waals surface area contributed by atoms with Crippen LogP contribution in [0.25, 0.3) is 0 Å². The minimum Gasteiger partial charge on any atom is -0.347 e. The summed E-state index contributed by atoms with van der Waals surface area (Å²) in [5.41, 5.74) is 2.41. The summed E-state index contributed by atoms with van der Waals surface area (Å²) < 4.78 is 1.68. The van der Waals surface area contributed by atoms with Crippen LogP contribution in [-0.2, 0) is 26.3 Å². The number of hydrogen-bond acceptors (Lipinski definition) is 4. The lowest BCUT2D eigenvalue weighted by atomic mass is 9.87. The minimum absolute atomic E-state index is 0.0910. The van der Waals surface area contributed by atoms with Crippen LogP contribution in [0.3, 0.4) is 0 Å². The number of carbonyl (C=O) groups is 3. The van der Waals surface area contributed by atoms with Crippen LogP contribution in [0.5, 0.6) is 0 Å². The number of nitrogens with zero attached hydrogens (tertiary/aromatic N) is 2. The Morgan fingerprint density at radius 2 is 1.61 bits per heavy atom. The van der Waals surface area contributed by atoms with Gasteiger partial charge in [-0.1, -0.05) is 45.0 Å². The Balaban J connectivity index is 1.90. The molecule has 1 aromatic carbocycles. The monoisotopic (exact) mass is 385 g/mol. The van der Waals surface area contributed by atoms with Gasteiger partial charge >= 0.3 is 0 Å². The van der Waals surface area contributed by atoms with E-state index >= 15 is 0 Å². The van der Waals surface area contributed by atoms with Gasteiger partial charge in [-0.15, -0.1) is 0 Å². The molecule has 0 fully saturated rings. The normalized spacial score (nSPS) is 11.0. The van der Waals surface area contributed by atoms with Crippen LogP contribution in [0.15, 0.2) is 36.5 Å². The SMILES string of the molecule is CC(=O)NCC(=O)NCC(=O)Nc1ccnn1Cc1ccc(C(C)(C)C)cc1. The molecule has 3 N–H and O–H groups in total. The van der Waals surface area contributed by atoms with E-state index in [9.17, 15) is 14.4 Å². The van der Waals surface area contributed by atoms with Crippen LogP contribution < -0.4 is 16.0 Å². The van der Waals surface area contributed by atoms with Crippen molar-refractivity contribution in [2.24, 2.45) is 0 Å². The zero-order chi connectivity index (χ0) is 20.7. The van der Waals surface area contributed by atoms with E-state index in [-0.39, 0.29) is 30.3 Å². The Morgan fingerprint density at radius 3 is 2.21 bits per heavy atom. The number of rotatable bonds is 7. The summed E-state index contributed by atoms with van der Waals surface area (Å²) in [6.07, 6.45) is 1.61. The number of aromatic nitrogens is 2. The molecule has 0 aliphatic carbocycles. The smallest absolute Gasteiger partial charge is 0.244 e. The van der Waals surface area contributed by atoms with E-state index in [1.54, 1.807) is 16.9 Å². The molecule has 28 heavy (non-hydrogen) atoms. The van der Waals surface area contributed by atoms with Gasteiger partial charge in [0.05, 0.1) is 25.8 Å². The van der Waals surface area contributed by atoms with Crippen LogP contribution in [0.4, 0.5) is 5.82 Å². The Kier molecular flexibility index (Phi) is 6.92. The van der Waals surface area contributed by atoms with Gasteiger partial charge in [-0.3, -0.25) is 14.4 Å². The first-order valence-electron chi connectivity index (χ1n) is 9.07. The molecule has 0 unspecified atom stereocenters. The Morgan fingerprint density at radius 1 is 0.964 bits per heavy atom. The van der Waals surface area contributed by atoms with Gasteiger partial charge in [-0.05, 0) is 16.5 Å². The first-order chi connectivity index (χ1) is 13.1. The molecule has 0 atom stereocenters. The molecule has 1 aromatic heterocycles. The van der Waals surface area contributed by atoms with E-state index < -0.39 is 5.91 Å². The van der Waals surface area contributed by atoms with Crippen molar-refractivity contribution < 1.29 is 14.4 Å². The van der Waals surface area contributed by atoms with E-state index in [0.29, 0.717) is 12.4 Å². The van der Waals surface area contributed by atoms with E-state index in [0.717, 1.165) is 5.56 Å². The van der Waals surface area contributed by atoms with Crippen molar-refractivity contribution >= 4 is 23.5 Å². The average Bonchev–Trinajstić information content (AvgIpc) is 3.04. The molecule has 0 aliphatic heterocycles. The second-order valence-electron chi connectivity index (χ2n) is 7.56. The number of carbonyl (C=O) groups excluding carboxylic acids is 3. The van der Waals surface area contributed by atoms with Crippen LogP contribution in [0.1, 0.15) is 38.8 Å². The summed E-state index contributed by atoms with van der Waals surface area (Å²) in [4.78, 5) is 34.4. The van der Waals surface area contributed by atoms with Crippen LogP contribution in [0.2, 0.25) is 0 Å². The third-order valence-electron chi connectivity index (χ3n) is 4.08. The van der Waals surface area contributed by atoms with Crippen molar-refractivity contribution in [2.75, 3.05) is 18.4 Å². The maximum absolute atomic E-state index is 12.1. The Hall–Kier alpha value is -3.16. The van der Waals surface area contributed by atoms with Crippen LogP contribution in [-0.4, -0.2) is 40.6 Å². The highest BCUT2D eigenvalue weighted by atomic mass is 16.2. The highest BCUT2D eigenvalue weighted by Crippen LogP contribution is 2.22. The summed E-state index contributed by atoms with van der Waals surface area (Å²) in [7, 11) is 0. The fourth-order valence-electron chi connectivity index (χ4n) is 2.48. The molecule has 0 saturated carbocycles. The topological polar surface area (TPSA) is 105 Å². The minimum atomic E-state index is -0.433. The zero-order valence-corrected chi connectivity index (χ0v) is 16.7. The van der Waals surface area contributed by atoms with Gasteiger partial charge in [-0.2, -0.15) is 5.10 Å². The van der Waals surface area contributed by atoms with Gasteiger partial charge in [0.15, 0.2) is 0 Å². The summed E-state index contributed by atoms with van der Waals surface area (Å²) in [6.45, 7) is 7.98. The van der Waals surface area contributed by atoms with Gasteiger partial charge in [0.25, 0.3) is 0 Å². The molecular formula is C20H27N5O3. The number of benzene rings is 1. The van der Waals surface area contributed by atoms with Crippen molar-refractivity contribution in [3.63, 3.8) is 0 Å². The molecule has 150 valence electrons. The third-order valence-corrected chi connectivity index (χ3v) is 4.08. The van der Waals surface area contributed by atoms with Crippen molar-refractivity contribution in [1.29, 1.82) is 0 Å². The second kappa shape index (κ2) is 9.16. The van der Waals surface area contributed by atoms with Gasteiger partial charge in [-0.25, -0.2) is 4.68 Å². The number of nitrogens with one attached hydrogen (secondary N) is 3. The summed E-state index contributed by atoms with van der Waals surface area (Å²) in [5, 5.41) is 11.8. The predicted octanol–water partition coefficient (Wildman–Crippen LogP) is 1.42. The Labute approximate surface area is 164 Å². The quantitative estimate of drug-likeness (QED) is 0.670. The average molecular weight is 385 g/mol. The third kappa shape index (κ3) is 6.53.